The number of benzene rings is 2. The van der Waals surface area contributed by atoms with Crippen molar-refractivity contribution in [1.82, 2.24) is 4.98 Å². The summed E-state index contributed by atoms with van der Waals surface area (Å²) in [5, 5.41) is 10.8. The molecule has 7 heteroatoms. The van der Waals surface area contributed by atoms with Gasteiger partial charge in [-0.2, -0.15) is 5.26 Å². The summed E-state index contributed by atoms with van der Waals surface area (Å²) in [5.74, 6) is -1.16. The Morgan fingerprint density at radius 3 is 2.67 bits per heavy atom. The zero-order valence-corrected chi connectivity index (χ0v) is 17.2. The zero-order chi connectivity index (χ0) is 21.3. The molecule has 148 valence electrons. The van der Waals surface area contributed by atoms with E-state index in [-0.39, 0.29) is 5.57 Å². The van der Waals surface area contributed by atoms with Gasteiger partial charge in [0.15, 0.2) is 6.61 Å². The molecule has 3 aromatic rings. The van der Waals surface area contributed by atoms with Crippen LogP contribution in [0.5, 0.6) is 0 Å². The lowest BCUT2D eigenvalue weighted by atomic mass is 10.1. The summed E-state index contributed by atoms with van der Waals surface area (Å²) in [6.07, 6.45) is 0. The first-order valence-electron chi connectivity index (χ1n) is 9.21. The molecule has 0 radical (unpaired) electrons. The lowest BCUT2D eigenvalue weighted by Crippen LogP contribution is -2.20. The Kier molecular flexibility index (Phi) is 5.25. The highest BCUT2D eigenvalue weighted by atomic mass is 32.2. The minimum atomic E-state index is -0.622. The highest BCUT2D eigenvalue weighted by molar-refractivity contribution is 8.03. The Bertz CT molecular complexity index is 1260. The van der Waals surface area contributed by atoms with Gasteiger partial charge in [0.2, 0.25) is 5.78 Å². The van der Waals surface area contributed by atoms with Gasteiger partial charge in [-0.25, -0.2) is 4.79 Å². The molecular weight excluding hydrogens is 398 g/mol. The Morgan fingerprint density at radius 1 is 1.17 bits per heavy atom. The summed E-state index contributed by atoms with van der Waals surface area (Å²) < 4.78 is 5.28. The average molecular weight is 415 g/mol. The number of aryl methyl sites for hydroxylation is 1. The van der Waals surface area contributed by atoms with Crippen LogP contribution in [-0.4, -0.2) is 30.4 Å². The molecule has 4 rings (SSSR count). The highest BCUT2D eigenvalue weighted by Crippen LogP contribution is 2.46. The van der Waals surface area contributed by atoms with E-state index in [1.54, 1.807) is 31.0 Å². The molecule has 30 heavy (non-hydrogen) atoms. The summed E-state index contributed by atoms with van der Waals surface area (Å²) in [6.45, 7) is 1.28. The van der Waals surface area contributed by atoms with E-state index in [0.29, 0.717) is 27.2 Å². The maximum Gasteiger partial charge on any atom is 0.339 e. The van der Waals surface area contributed by atoms with Gasteiger partial charge in [-0.3, -0.25) is 9.78 Å². The van der Waals surface area contributed by atoms with Crippen LogP contribution in [0.2, 0.25) is 0 Å². The molecule has 0 aliphatic carbocycles. The number of fused-ring (bicyclic) bond motifs is 2. The number of esters is 1. The van der Waals surface area contributed by atoms with Crippen LogP contribution in [0.3, 0.4) is 0 Å². The van der Waals surface area contributed by atoms with Gasteiger partial charge in [-0.15, -0.1) is 0 Å². The van der Waals surface area contributed by atoms with Crippen LogP contribution < -0.4 is 4.90 Å². The Morgan fingerprint density at radius 2 is 1.90 bits per heavy atom. The summed E-state index contributed by atoms with van der Waals surface area (Å²) in [5.41, 5.74) is 2.60. The van der Waals surface area contributed by atoms with Crippen LogP contribution in [0.4, 0.5) is 5.69 Å². The monoisotopic (exact) mass is 415 g/mol. The van der Waals surface area contributed by atoms with E-state index in [1.807, 2.05) is 48.5 Å². The second-order valence-corrected chi connectivity index (χ2v) is 7.78. The fraction of sp³-hybridized carbons (Fsp3) is 0.130. The number of nitriles is 1. The summed E-state index contributed by atoms with van der Waals surface area (Å²) in [7, 11) is 1.80. The van der Waals surface area contributed by atoms with Crippen molar-refractivity contribution in [1.29, 1.82) is 5.26 Å². The van der Waals surface area contributed by atoms with Gasteiger partial charge in [0.25, 0.3) is 0 Å². The van der Waals surface area contributed by atoms with Gasteiger partial charge in [0.1, 0.15) is 16.7 Å². The van der Waals surface area contributed by atoms with E-state index in [9.17, 15) is 14.9 Å². The van der Waals surface area contributed by atoms with E-state index in [1.165, 1.54) is 11.8 Å². The van der Waals surface area contributed by atoms with Gasteiger partial charge in [-0.05, 0) is 31.2 Å². The number of carbonyl (C=O) groups excluding carboxylic acids is 2. The van der Waals surface area contributed by atoms with Crippen LogP contribution in [0.1, 0.15) is 16.1 Å². The molecular formula is C23H17N3O3S. The molecule has 0 atom stereocenters. The maximum absolute atomic E-state index is 12.7. The highest BCUT2D eigenvalue weighted by Gasteiger charge is 2.28. The molecule has 1 aromatic heterocycles. The number of ether oxygens (including phenoxy) is 1. The first-order chi connectivity index (χ1) is 14.5. The molecule has 0 unspecified atom stereocenters. The topological polar surface area (TPSA) is 83.3 Å². The number of hydrogen-bond donors (Lipinski definition) is 0. The molecule has 0 N–H and O–H groups in total. The number of thioether (sulfide) groups is 1. The number of ketones is 1. The number of aromatic nitrogens is 1. The SMILES string of the molecule is Cc1cc(C(=O)OCC(=O)/C(C#N)=C2\Sc3ccccc3N2C)c2ccccc2n1. The van der Waals surface area contributed by atoms with Gasteiger partial charge >= 0.3 is 5.97 Å². The second-order valence-electron chi connectivity index (χ2n) is 6.75. The minimum absolute atomic E-state index is 0.0257. The minimum Gasteiger partial charge on any atom is -0.454 e. The molecule has 0 saturated heterocycles. The Balaban J connectivity index is 1.55. The smallest absolute Gasteiger partial charge is 0.339 e. The van der Waals surface area contributed by atoms with Crippen molar-refractivity contribution < 1.29 is 14.3 Å². The predicted octanol–water partition coefficient (Wildman–Crippen LogP) is 4.25. The van der Waals surface area contributed by atoms with Gasteiger partial charge < -0.3 is 9.64 Å². The van der Waals surface area contributed by atoms with Crippen molar-refractivity contribution in [2.24, 2.45) is 0 Å². The Labute approximate surface area is 177 Å². The number of hydrogen-bond acceptors (Lipinski definition) is 7. The van der Waals surface area contributed by atoms with Crippen molar-refractivity contribution in [3.8, 4) is 6.07 Å². The van der Waals surface area contributed by atoms with Crippen molar-refractivity contribution in [3.63, 3.8) is 0 Å². The third-order valence-electron chi connectivity index (χ3n) is 4.74. The number of anilines is 1. The van der Waals surface area contributed by atoms with E-state index in [2.05, 4.69) is 4.98 Å². The van der Waals surface area contributed by atoms with Crippen molar-refractivity contribution in [2.45, 2.75) is 11.8 Å². The number of rotatable bonds is 4. The number of nitrogens with zero attached hydrogens (tertiary/aromatic N) is 3. The van der Waals surface area contributed by atoms with Crippen LogP contribution in [0.25, 0.3) is 10.9 Å². The van der Waals surface area contributed by atoms with Gasteiger partial charge in [0.05, 0.1) is 16.8 Å². The summed E-state index contributed by atoms with van der Waals surface area (Å²) >= 11 is 1.35. The molecule has 0 fully saturated rings. The molecule has 2 aromatic carbocycles. The third kappa shape index (κ3) is 3.53. The number of pyridine rings is 1. The number of Topliss-reactive ketones (excluding diaryl/α,β-unsaturated/α-hetero) is 1. The first kappa shape index (κ1) is 19.7. The van der Waals surface area contributed by atoms with Crippen LogP contribution in [0.15, 0.2) is 70.1 Å². The van der Waals surface area contributed by atoms with Gasteiger partial charge in [-0.1, -0.05) is 42.1 Å². The number of para-hydroxylation sites is 2. The average Bonchev–Trinajstić information content (AvgIpc) is 3.08. The van der Waals surface area contributed by atoms with Crippen LogP contribution in [0, 0.1) is 18.3 Å². The molecule has 1 aliphatic rings. The molecule has 1 aliphatic heterocycles. The van der Waals surface area contributed by atoms with Crippen molar-refractivity contribution >= 4 is 40.1 Å². The molecule has 6 nitrogen and oxygen atoms in total. The Hall–Kier alpha value is -3.63. The third-order valence-corrected chi connectivity index (χ3v) is 5.98. The summed E-state index contributed by atoms with van der Waals surface area (Å²) in [4.78, 5) is 32.6. The normalized spacial score (nSPS) is 14.2. The van der Waals surface area contributed by atoms with E-state index in [0.717, 1.165) is 10.6 Å². The first-order valence-corrected chi connectivity index (χ1v) is 10.0. The van der Waals surface area contributed by atoms with E-state index < -0.39 is 18.4 Å². The molecule has 0 spiro atoms. The fourth-order valence-electron chi connectivity index (χ4n) is 3.31. The molecule has 0 amide bonds. The van der Waals surface area contributed by atoms with Crippen LogP contribution in [-0.2, 0) is 9.53 Å². The molecule has 2 heterocycles. The van der Waals surface area contributed by atoms with Crippen molar-refractivity contribution in [2.75, 3.05) is 18.6 Å². The second kappa shape index (κ2) is 8.01. The largest absolute Gasteiger partial charge is 0.454 e. The molecule has 0 bridgehead atoms. The maximum atomic E-state index is 12.7. The molecule has 0 saturated carbocycles. The van der Waals surface area contributed by atoms with Gasteiger partial charge in [0, 0.05) is 23.0 Å². The van der Waals surface area contributed by atoms with Crippen molar-refractivity contribution in [3.05, 3.63) is 76.5 Å². The lowest BCUT2D eigenvalue weighted by Gasteiger charge is -2.14. The standard InChI is InChI=1S/C23H17N3O3S/c1-14-11-16(15-7-3-4-8-18(15)25-14)23(28)29-13-20(27)17(12-24)22-26(2)19-9-5-6-10-21(19)30-22/h3-11H,13H2,1-2H3/b22-17-. The lowest BCUT2D eigenvalue weighted by molar-refractivity contribution is -0.118. The predicted molar refractivity (Wildman–Crippen MR) is 115 cm³/mol. The number of carbonyl (C=O) groups is 2. The summed E-state index contributed by atoms with van der Waals surface area (Å²) in [6, 6.07) is 18.5. The van der Waals surface area contributed by atoms with Crippen LogP contribution >= 0.6 is 11.8 Å². The quantitative estimate of drug-likeness (QED) is 0.358. The zero-order valence-electron chi connectivity index (χ0n) is 16.4. The fourth-order valence-corrected chi connectivity index (χ4v) is 4.47. The van der Waals surface area contributed by atoms with E-state index in [4.69, 9.17) is 4.74 Å². The van der Waals surface area contributed by atoms with E-state index >= 15 is 0 Å².